The van der Waals surface area contributed by atoms with Crippen LogP contribution in [-0.2, 0) is 4.74 Å². The van der Waals surface area contributed by atoms with Gasteiger partial charge in [-0.3, -0.25) is 0 Å². The molecule has 0 aromatic carbocycles. The third-order valence-electron chi connectivity index (χ3n) is 8.83. The molecule has 9 nitrogen and oxygen atoms in total. The lowest BCUT2D eigenvalue weighted by molar-refractivity contribution is 0.122. The zero-order chi connectivity index (χ0) is 29.9. The van der Waals surface area contributed by atoms with Gasteiger partial charge in [-0.1, -0.05) is 12.8 Å². The molecule has 41 heavy (non-hydrogen) atoms. The third-order valence-corrected chi connectivity index (χ3v) is 8.83. The first kappa shape index (κ1) is 32.4. The summed E-state index contributed by atoms with van der Waals surface area (Å²) in [6, 6.07) is 0.977. The number of rotatable bonds is 11. The van der Waals surface area contributed by atoms with E-state index in [1.165, 1.54) is 32.1 Å². The predicted molar refractivity (Wildman–Crippen MR) is 170 cm³/mol. The Morgan fingerprint density at radius 2 is 1.34 bits per heavy atom. The highest BCUT2D eigenvalue weighted by Crippen LogP contribution is 2.34. The van der Waals surface area contributed by atoms with Gasteiger partial charge in [0, 0.05) is 53.9 Å². The quantitative estimate of drug-likeness (QED) is 0.329. The van der Waals surface area contributed by atoms with Crippen LogP contribution >= 0.6 is 0 Å². The van der Waals surface area contributed by atoms with E-state index >= 15 is 0 Å². The molecule has 0 spiro atoms. The van der Waals surface area contributed by atoms with Crippen LogP contribution in [0.1, 0.15) is 113 Å². The number of ether oxygens (including phenoxy) is 1. The summed E-state index contributed by atoms with van der Waals surface area (Å²) in [5.41, 5.74) is 0.498. The second-order valence-electron chi connectivity index (χ2n) is 15.6. The molecule has 0 atom stereocenters. The molecule has 1 aromatic rings. The fourth-order valence-corrected chi connectivity index (χ4v) is 7.96. The van der Waals surface area contributed by atoms with Crippen molar-refractivity contribution in [2.75, 3.05) is 49.2 Å². The van der Waals surface area contributed by atoms with Crippen LogP contribution in [0.25, 0.3) is 0 Å². The van der Waals surface area contributed by atoms with E-state index in [9.17, 15) is 0 Å². The van der Waals surface area contributed by atoms with Crippen molar-refractivity contribution < 1.29 is 4.74 Å². The summed E-state index contributed by atoms with van der Waals surface area (Å²) in [4.78, 5) is 19.5. The number of nitrogens with one attached hydrogen (secondary N) is 3. The lowest BCUT2D eigenvalue weighted by atomic mass is 9.79. The Bertz CT molecular complexity index is 956. The van der Waals surface area contributed by atoms with Crippen molar-refractivity contribution >= 4 is 11.9 Å². The van der Waals surface area contributed by atoms with Gasteiger partial charge < -0.3 is 30.5 Å². The van der Waals surface area contributed by atoms with Crippen molar-refractivity contribution in [3.8, 4) is 0 Å². The number of hydrogen-bond donors (Lipinski definition) is 3. The average molecular weight is 573 g/mol. The van der Waals surface area contributed by atoms with Crippen molar-refractivity contribution in [3.05, 3.63) is 5.82 Å². The maximum absolute atomic E-state index is 5.58. The monoisotopic (exact) mass is 572 g/mol. The summed E-state index contributed by atoms with van der Waals surface area (Å²) in [5.74, 6) is 2.43. The molecule has 0 radical (unpaired) electrons. The van der Waals surface area contributed by atoms with Crippen LogP contribution in [0.4, 0.5) is 11.9 Å². The Morgan fingerprint density at radius 1 is 0.780 bits per heavy atom. The Balaban J connectivity index is 1.36. The number of piperidine rings is 2. The molecule has 3 aliphatic rings. The summed E-state index contributed by atoms with van der Waals surface area (Å²) in [7, 11) is 0. The van der Waals surface area contributed by atoms with Gasteiger partial charge in [0.05, 0.1) is 13.2 Å². The van der Waals surface area contributed by atoms with E-state index in [2.05, 4.69) is 81.1 Å². The first-order chi connectivity index (χ1) is 19.1. The fraction of sp³-hybridized carbons (Fsp3) is 0.906. The second-order valence-corrected chi connectivity index (χ2v) is 15.6. The first-order valence-electron chi connectivity index (χ1n) is 16.3. The maximum atomic E-state index is 5.58. The number of hydrogen-bond acceptors (Lipinski definition) is 9. The topological polar surface area (TPSA) is 90.5 Å². The van der Waals surface area contributed by atoms with Crippen LogP contribution in [0.15, 0.2) is 0 Å². The summed E-state index contributed by atoms with van der Waals surface area (Å²) in [6.45, 7) is 25.8. The van der Waals surface area contributed by atoms with Gasteiger partial charge >= 0.3 is 0 Å². The third kappa shape index (κ3) is 9.73. The highest BCUT2D eigenvalue weighted by Gasteiger charge is 2.41. The van der Waals surface area contributed by atoms with Crippen LogP contribution in [0.3, 0.4) is 0 Å². The van der Waals surface area contributed by atoms with Crippen LogP contribution in [0, 0.1) is 6.92 Å². The number of anilines is 2. The predicted octanol–water partition coefficient (Wildman–Crippen LogP) is 4.59. The van der Waals surface area contributed by atoms with Gasteiger partial charge in [-0.2, -0.15) is 15.0 Å². The molecule has 0 saturated carbocycles. The van der Waals surface area contributed by atoms with Crippen LogP contribution in [0.2, 0.25) is 0 Å². The SMILES string of the molecule is Cc1nc(N2CCOCC2)nc(N(CCCCCCNC2CC(C)(C)NC(C)(C)C2)C2CC(C)(C)NC(C)(C)C2)n1. The van der Waals surface area contributed by atoms with Crippen molar-refractivity contribution in [2.45, 2.75) is 148 Å². The van der Waals surface area contributed by atoms with Crippen molar-refractivity contribution in [3.63, 3.8) is 0 Å². The number of morpholine rings is 1. The zero-order valence-corrected chi connectivity index (χ0v) is 27.7. The Morgan fingerprint density at radius 3 is 1.95 bits per heavy atom. The molecule has 234 valence electrons. The molecule has 3 fully saturated rings. The van der Waals surface area contributed by atoms with E-state index in [1.54, 1.807) is 0 Å². The van der Waals surface area contributed by atoms with Gasteiger partial charge in [0.1, 0.15) is 5.82 Å². The first-order valence-corrected chi connectivity index (χ1v) is 16.3. The van der Waals surface area contributed by atoms with E-state index in [1.807, 2.05) is 6.92 Å². The zero-order valence-electron chi connectivity index (χ0n) is 27.7. The van der Waals surface area contributed by atoms with E-state index in [-0.39, 0.29) is 22.2 Å². The van der Waals surface area contributed by atoms with Gasteiger partial charge in [0.25, 0.3) is 0 Å². The van der Waals surface area contributed by atoms with Crippen LogP contribution < -0.4 is 25.8 Å². The standard InChI is InChI=1S/C32H60N8O/c1-24-34-27(39-16-18-41-19-17-39)36-28(35-24)40(26-22-31(6,7)38-32(8,9)23-26)15-13-11-10-12-14-33-25-20-29(2,3)37-30(4,5)21-25/h25-26,33,37-38H,10-23H2,1-9H3. The molecule has 3 N–H and O–H groups in total. The summed E-state index contributed by atoms with van der Waals surface area (Å²) in [6.07, 6.45) is 9.36. The summed E-state index contributed by atoms with van der Waals surface area (Å²) >= 11 is 0. The lowest BCUT2D eigenvalue weighted by Gasteiger charge is -2.49. The van der Waals surface area contributed by atoms with Gasteiger partial charge in [0.2, 0.25) is 11.9 Å². The lowest BCUT2D eigenvalue weighted by Crippen LogP contribution is -2.62. The Hall–Kier alpha value is -1.55. The molecule has 4 heterocycles. The molecular weight excluding hydrogens is 512 g/mol. The number of aryl methyl sites for hydroxylation is 1. The summed E-state index contributed by atoms with van der Waals surface area (Å²) < 4.78 is 5.58. The number of unbranched alkanes of at least 4 members (excludes halogenated alkanes) is 3. The molecule has 0 aliphatic carbocycles. The fourth-order valence-electron chi connectivity index (χ4n) is 7.96. The van der Waals surface area contributed by atoms with Crippen molar-refractivity contribution in [2.24, 2.45) is 0 Å². The van der Waals surface area contributed by atoms with Crippen LogP contribution in [0.5, 0.6) is 0 Å². The van der Waals surface area contributed by atoms with E-state index in [4.69, 9.17) is 19.7 Å². The van der Waals surface area contributed by atoms with Crippen molar-refractivity contribution in [1.29, 1.82) is 0 Å². The van der Waals surface area contributed by atoms with Crippen LogP contribution in [-0.4, -0.2) is 88.6 Å². The van der Waals surface area contributed by atoms with E-state index in [0.717, 1.165) is 76.4 Å². The Kier molecular flexibility index (Phi) is 10.2. The van der Waals surface area contributed by atoms with Gasteiger partial charge in [0.15, 0.2) is 0 Å². The normalized spacial score (nSPS) is 24.4. The highest BCUT2D eigenvalue weighted by molar-refractivity contribution is 5.41. The van der Waals surface area contributed by atoms with Gasteiger partial charge in [-0.15, -0.1) is 0 Å². The van der Waals surface area contributed by atoms with Gasteiger partial charge in [-0.25, -0.2) is 0 Å². The second kappa shape index (κ2) is 13.0. The molecule has 4 rings (SSSR count). The highest BCUT2D eigenvalue weighted by atomic mass is 16.5. The number of nitrogens with zero attached hydrogens (tertiary/aromatic N) is 5. The van der Waals surface area contributed by atoms with E-state index < -0.39 is 0 Å². The molecule has 0 amide bonds. The van der Waals surface area contributed by atoms with Gasteiger partial charge in [-0.05, 0) is 107 Å². The summed E-state index contributed by atoms with van der Waals surface area (Å²) in [5, 5.41) is 11.5. The minimum Gasteiger partial charge on any atom is -0.378 e. The maximum Gasteiger partial charge on any atom is 0.230 e. The molecule has 3 aliphatic heterocycles. The van der Waals surface area contributed by atoms with Crippen molar-refractivity contribution in [1.82, 2.24) is 30.9 Å². The molecule has 9 heteroatoms. The largest absolute Gasteiger partial charge is 0.378 e. The molecule has 3 saturated heterocycles. The average Bonchev–Trinajstić information content (AvgIpc) is 2.82. The Labute approximate surface area is 250 Å². The molecular formula is C32H60N8O. The van der Waals surface area contributed by atoms with E-state index in [0.29, 0.717) is 12.1 Å². The minimum absolute atomic E-state index is 0.0588. The number of aromatic nitrogens is 3. The molecule has 0 unspecified atom stereocenters. The minimum atomic E-state index is 0.0588. The smallest absolute Gasteiger partial charge is 0.230 e. The molecule has 0 bridgehead atoms. The molecule has 1 aromatic heterocycles.